The summed E-state index contributed by atoms with van der Waals surface area (Å²) in [6, 6.07) is 7.87. The number of rotatable bonds is 5. The summed E-state index contributed by atoms with van der Waals surface area (Å²) >= 11 is 1.08. The minimum Gasteiger partial charge on any atom is -0.462 e. The maximum atomic E-state index is 12.9. The molecular weight excluding hydrogens is 400 g/mol. The van der Waals surface area contributed by atoms with Crippen molar-refractivity contribution >= 4 is 28.5 Å². The Hall–Kier alpha value is -3.44. The first-order chi connectivity index (χ1) is 14.3. The number of aliphatic imine (C=N–C) groups is 1. The van der Waals surface area contributed by atoms with Crippen molar-refractivity contribution in [2.75, 3.05) is 6.61 Å². The van der Waals surface area contributed by atoms with E-state index in [0.29, 0.717) is 32.3 Å². The Kier molecular flexibility index (Phi) is 6.04. The van der Waals surface area contributed by atoms with Crippen LogP contribution in [0.25, 0.3) is 5.69 Å². The lowest BCUT2D eigenvalue weighted by atomic mass is 10.1. The van der Waals surface area contributed by atoms with E-state index in [-0.39, 0.29) is 12.2 Å². The predicted octanol–water partition coefficient (Wildman–Crippen LogP) is 4.26. The highest BCUT2D eigenvalue weighted by atomic mass is 32.1. The fourth-order valence-corrected chi connectivity index (χ4v) is 3.99. The average Bonchev–Trinajstić information content (AvgIpc) is 3.18. The number of thiophene rings is 1. The van der Waals surface area contributed by atoms with E-state index >= 15 is 0 Å². The summed E-state index contributed by atoms with van der Waals surface area (Å²) in [6.45, 7) is 9.45. The van der Waals surface area contributed by atoms with Gasteiger partial charge in [-0.05, 0) is 63.4 Å². The first-order valence-corrected chi connectivity index (χ1v) is 10.2. The van der Waals surface area contributed by atoms with Crippen molar-refractivity contribution in [2.45, 2.75) is 34.6 Å². The number of hydrogen-bond acceptors (Lipinski definition) is 6. The molecule has 1 N–H and O–H groups in total. The molecule has 0 radical (unpaired) electrons. The van der Waals surface area contributed by atoms with Crippen LogP contribution in [0.15, 0.2) is 28.0 Å². The van der Waals surface area contributed by atoms with Gasteiger partial charge in [-0.3, -0.25) is 9.89 Å². The Labute approximate surface area is 178 Å². The number of carbonyl (C=O) groups is 1. The fourth-order valence-electron chi connectivity index (χ4n) is 2.99. The Bertz CT molecular complexity index is 1250. The van der Waals surface area contributed by atoms with Gasteiger partial charge < -0.3 is 4.74 Å². The molecule has 0 aliphatic carbocycles. The molecule has 0 fully saturated rings. The number of nitrogens with one attached hydrogen (secondary N) is 1. The third-order valence-electron chi connectivity index (χ3n) is 4.88. The van der Waals surface area contributed by atoms with E-state index < -0.39 is 5.97 Å². The molecule has 0 atom stereocenters. The van der Waals surface area contributed by atoms with Gasteiger partial charge in [0.05, 0.1) is 23.4 Å². The largest absolute Gasteiger partial charge is 0.462 e. The standard InChI is InChI=1S/C22H22N4O3S/c1-6-29-22(28)19-14(4)17(10-23)20(30-19)24-11-18-15(5)25-26(21(18)27)16-8-7-12(2)13(3)9-16/h7-9,11,25H,6H2,1-5H3. The smallest absolute Gasteiger partial charge is 0.348 e. The summed E-state index contributed by atoms with van der Waals surface area (Å²) in [6.07, 6.45) is 1.44. The molecule has 0 aliphatic heterocycles. The second-order valence-electron chi connectivity index (χ2n) is 6.89. The first kappa shape index (κ1) is 21.3. The Morgan fingerprint density at radius 2 is 2.03 bits per heavy atom. The molecule has 154 valence electrons. The summed E-state index contributed by atoms with van der Waals surface area (Å²) in [5, 5.41) is 12.9. The zero-order chi connectivity index (χ0) is 22.0. The van der Waals surface area contributed by atoms with Gasteiger partial charge >= 0.3 is 5.97 Å². The van der Waals surface area contributed by atoms with E-state index in [9.17, 15) is 14.9 Å². The van der Waals surface area contributed by atoms with Crippen molar-refractivity contribution in [1.82, 2.24) is 9.78 Å². The number of hydrogen-bond donors (Lipinski definition) is 1. The van der Waals surface area contributed by atoms with Crippen molar-refractivity contribution in [3.8, 4) is 11.8 Å². The Morgan fingerprint density at radius 1 is 1.30 bits per heavy atom. The van der Waals surface area contributed by atoms with Crippen LogP contribution in [0.5, 0.6) is 0 Å². The fraction of sp³-hybridized carbons (Fsp3) is 0.273. The number of carbonyl (C=O) groups excluding carboxylic acids is 1. The van der Waals surface area contributed by atoms with Crippen molar-refractivity contribution < 1.29 is 9.53 Å². The van der Waals surface area contributed by atoms with E-state index in [0.717, 1.165) is 28.2 Å². The van der Waals surface area contributed by atoms with Crippen molar-refractivity contribution in [1.29, 1.82) is 5.26 Å². The van der Waals surface area contributed by atoms with Crippen LogP contribution in [0.4, 0.5) is 5.00 Å². The monoisotopic (exact) mass is 422 g/mol. The SMILES string of the molecule is CCOC(=O)c1sc(N=Cc2c(C)[nH]n(-c3ccc(C)c(C)c3)c2=O)c(C#N)c1C. The predicted molar refractivity (Wildman–Crippen MR) is 118 cm³/mol. The second-order valence-corrected chi connectivity index (χ2v) is 7.89. The molecule has 2 heterocycles. The topological polar surface area (TPSA) is 100 Å². The molecule has 0 unspecified atom stereocenters. The summed E-state index contributed by atoms with van der Waals surface area (Å²) in [5.41, 5.74) is 4.61. The summed E-state index contributed by atoms with van der Waals surface area (Å²) in [5.74, 6) is -0.479. The molecular formula is C22H22N4O3S. The highest BCUT2D eigenvalue weighted by Gasteiger charge is 2.21. The molecule has 3 rings (SSSR count). The van der Waals surface area contributed by atoms with Crippen LogP contribution >= 0.6 is 11.3 Å². The maximum absolute atomic E-state index is 12.9. The molecule has 0 saturated carbocycles. The average molecular weight is 423 g/mol. The molecule has 7 nitrogen and oxygen atoms in total. The Morgan fingerprint density at radius 3 is 2.67 bits per heavy atom. The third-order valence-corrected chi connectivity index (χ3v) is 6.06. The van der Waals surface area contributed by atoms with Gasteiger partial charge in [0.15, 0.2) is 0 Å². The van der Waals surface area contributed by atoms with Crippen molar-refractivity contribution in [3.63, 3.8) is 0 Å². The van der Waals surface area contributed by atoms with Gasteiger partial charge in [-0.2, -0.15) is 5.26 Å². The molecule has 0 amide bonds. The maximum Gasteiger partial charge on any atom is 0.348 e. The van der Waals surface area contributed by atoms with Gasteiger partial charge in [-0.1, -0.05) is 6.07 Å². The number of ether oxygens (including phenoxy) is 1. The van der Waals surface area contributed by atoms with Gasteiger partial charge in [-0.25, -0.2) is 14.5 Å². The quantitative estimate of drug-likeness (QED) is 0.490. The Balaban J connectivity index is 2.02. The third kappa shape index (κ3) is 3.84. The number of aromatic amines is 1. The highest BCUT2D eigenvalue weighted by molar-refractivity contribution is 7.18. The molecule has 3 aromatic rings. The van der Waals surface area contributed by atoms with Crippen LogP contribution in [0.1, 0.15) is 50.1 Å². The molecule has 8 heteroatoms. The van der Waals surface area contributed by atoms with Gasteiger partial charge in [-0.15, -0.1) is 11.3 Å². The van der Waals surface area contributed by atoms with Crippen LogP contribution in [-0.2, 0) is 4.74 Å². The van der Waals surface area contributed by atoms with Gasteiger partial charge in [0.2, 0.25) is 0 Å². The van der Waals surface area contributed by atoms with Crippen LogP contribution < -0.4 is 5.56 Å². The van der Waals surface area contributed by atoms with Crippen molar-refractivity contribution in [2.24, 2.45) is 4.99 Å². The normalized spacial score (nSPS) is 11.1. The van der Waals surface area contributed by atoms with Gasteiger partial charge in [0.25, 0.3) is 5.56 Å². The molecule has 0 spiro atoms. The number of aromatic nitrogens is 2. The lowest BCUT2D eigenvalue weighted by molar-refractivity contribution is 0.0531. The number of nitriles is 1. The summed E-state index contributed by atoms with van der Waals surface area (Å²) in [7, 11) is 0. The minimum absolute atomic E-state index is 0.239. The lowest BCUT2D eigenvalue weighted by Gasteiger charge is -2.05. The van der Waals surface area contributed by atoms with E-state index in [1.165, 1.54) is 10.9 Å². The molecule has 30 heavy (non-hydrogen) atoms. The molecule has 0 aliphatic rings. The second kappa shape index (κ2) is 8.51. The zero-order valence-electron chi connectivity index (χ0n) is 17.5. The summed E-state index contributed by atoms with van der Waals surface area (Å²) in [4.78, 5) is 29.7. The molecule has 2 aromatic heterocycles. The minimum atomic E-state index is -0.479. The number of esters is 1. The van der Waals surface area contributed by atoms with Crippen LogP contribution in [0, 0.1) is 39.0 Å². The molecule has 1 aromatic carbocycles. The zero-order valence-corrected chi connectivity index (χ0v) is 18.3. The van der Waals surface area contributed by atoms with Crippen LogP contribution in [0.3, 0.4) is 0 Å². The van der Waals surface area contributed by atoms with Crippen LogP contribution in [0.2, 0.25) is 0 Å². The van der Waals surface area contributed by atoms with E-state index in [1.807, 2.05) is 32.0 Å². The molecule has 0 bridgehead atoms. The molecule has 0 saturated heterocycles. The van der Waals surface area contributed by atoms with E-state index in [4.69, 9.17) is 4.74 Å². The lowest BCUT2D eigenvalue weighted by Crippen LogP contribution is -2.17. The van der Waals surface area contributed by atoms with E-state index in [1.54, 1.807) is 20.8 Å². The van der Waals surface area contributed by atoms with E-state index in [2.05, 4.69) is 16.2 Å². The highest BCUT2D eigenvalue weighted by Crippen LogP contribution is 2.35. The number of benzene rings is 1. The number of H-pyrrole nitrogens is 1. The van der Waals surface area contributed by atoms with Crippen LogP contribution in [-0.4, -0.2) is 28.6 Å². The first-order valence-electron chi connectivity index (χ1n) is 9.42. The van der Waals surface area contributed by atoms with Crippen molar-refractivity contribution in [3.05, 3.63) is 66.9 Å². The number of nitrogens with zero attached hydrogens (tertiary/aromatic N) is 3. The van der Waals surface area contributed by atoms with Gasteiger partial charge in [0.1, 0.15) is 15.9 Å². The summed E-state index contributed by atoms with van der Waals surface area (Å²) < 4.78 is 6.52. The number of aryl methyl sites for hydroxylation is 3. The van der Waals surface area contributed by atoms with Gasteiger partial charge in [0, 0.05) is 11.9 Å².